The lowest BCUT2D eigenvalue weighted by Gasteiger charge is -2.14. The monoisotopic (exact) mass is 800 g/mol. The first-order valence-corrected chi connectivity index (χ1v) is 18.6. The van der Waals surface area contributed by atoms with Crippen molar-refractivity contribution in [1.29, 1.82) is 0 Å². The zero-order valence-electron chi connectivity index (χ0n) is 29.2. The summed E-state index contributed by atoms with van der Waals surface area (Å²) >= 11 is 29.5. The van der Waals surface area contributed by atoms with Crippen LogP contribution in [0.4, 0.5) is 29.2 Å². The molecule has 0 bridgehead atoms. The molecule has 1 unspecified atom stereocenters. The van der Waals surface area contributed by atoms with Crippen molar-refractivity contribution < 1.29 is 9.47 Å². The fraction of sp³-hybridized carbons (Fsp3) is 0.471. The Hall–Kier alpha value is -3.13. The third-order valence-corrected chi connectivity index (χ3v) is 8.62. The van der Waals surface area contributed by atoms with Gasteiger partial charge in [-0.25, -0.2) is 0 Å². The number of nitrogens with one attached hydrogen (secondary N) is 3. The van der Waals surface area contributed by atoms with Gasteiger partial charge in [0.15, 0.2) is 0 Å². The standard InChI is InChI=1S/C17H23Cl2N5O.C10H7Cl3N4O.C7H15N/c1-4-5-6-7-11(2)20-16-22-15(19)23-17(24-16)21-12-8-9-14(25-3)13(18)10-12;1-18-7-3-2-5(4-6(7)11)14-10-16-8(12)15-9(13)17-10;8-7-5-3-1-2-4-6-7/h8-11H,4-7H2,1-3H3,(H2,20,21,22,23,24);2-4H,1H3,(H,14,15,16,17);7H,1-6,8H2. The molecule has 1 saturated carbocycles. The van der Waals surface area contributed by atoms with E-state index in [2.05, 4.69) is 59.7 Å². The van der Waals surface area contributed by atoms with Crippen LogP contribution in [0.25, 0.3) is 0 Å². The summed E-state index contributed by atoms with van der Waals surface area (Å²) in [6.07, 6.45) is 12.7. The molecule has 17 heteroatoms. The number of aromatic nitrogens is 6. The quantitative estimate of drug-likeness (QED) is 0.0795. The maximum atomic E-state index is 6.13. The molecule has 51 heavy (non-hydrogen) atoms. The van der Waals surface area contributed by atoms with Gasteiger partial charge in [0.25, 0.3) is 0 Å². The molecule has 0 saturated heterocycles. The van der Waals surface area contributed by atoms with Crippen molar-refractivity contribution in [2.75, 3.05) is 30.2 Å². The number of ether oxygens (including phenoxy) is 2. The first kappa shape index (κ1) is 42.3. The summed E-state index contributed by atoms with van der Waals surface area (Å²) in [7, 11) is 3.11. The number of nitrogens with two attached hydrogens (primary N) is 1. The number of halogens is 5. The average Bonchev–Trinajstić information content (AvgIpc) is 3.32. The smallest absolute Gasteiger partial charge is 0.233 e. The SMILES string of the molecule is CCCCCC(C)Nc1nc(Cl)nc(Nc2ccc(OC)c(Cl)c2)n1.COc1ccc(Nc2nc(Cl)nc(Cl)n2)cc1Cl.NC1CCCCCC1. The van der Waals surface area contributed by atoms with Crippen molar-refractivity contribution >= 4 is 87.2 Å². The average molecular weight is 803 g/mol. The van der Waals surface area contributed by atoms with E-state index in [-0.39, 0.29) is 27.8 Å². The highest BCUT2D eigenvalue weighted by atomic mass is 35.5. The second-order valence-corrected chi connectivity index (χ2v) is 13.5. The fourth-order valence-corrected chi connectivity index (χ4v) is 5.94. The highest BCUT2D eigenvalue weighted by Gasteiger charge is 2.11. The molecule has 5 rings (SSSR count). The Kier molecular flexibility index (Phi) is 18.8. The molecule has 0 spiro atoms. The minimum atomic E-state index is 0.0112. The second kappa shape index (κ2) is 22.7. The molecular weight excluding hydrogens is 758 g/mol. The zero-order valence-corrected chi connectivity index (χ0v) is 32.9. The van der Waals surface area contributed by atoms with E-state index in [4.69, 9.17) is 73.2 Å². The summed E-state index contributed by atoms with van der Waals surface area (Å²) in [5.41, 5.74) is 7.15. The Labute approximate surface area is 324 Å². The number of methoxy groups -OCH3 is 2. The summed E-state index contributed by atoms with van der Waals surface area (Å²) in [6.45, 7) is 4.29. The normalized spacial score (nSPS) is 13.4. The van der Waals surface area contributed by atoms with E-state index in [0.29, 0.717) is 45.2 Å². The molecule has 1 aliphatic carbocycles. The van der Waals surface area contributed by atoms with Crippen LogP contribution in [0.1, 0.15) is 78.1 Å². The first-order chi connectivity index (χ1) is 24.5. The number of anilines is 5. The van der Waals surface area contributed by atoms with E-state index in [0.717, 1.165) is 12.1 Å². The topological polar surface area (TPSA) is 158 Å². The molecule has 2 aromatic heterocycles. The molecule has 5 N–H and O–H groups in total. The molecule has 0 amide bonds. The maximum absolute atomic E-state index is 6.13. The predicted molar refractivity (Wildman–Crippen MR) is 210 cm³/mol. The van der Waals surface area contributed by atoms with Gasteiger partial charge >= 0.3 is 0 Å². The molecule has 278 valence electrons. The van der Waals surface area contributed by atoms with Gasteiger partial charge in [0.2, 0.25) is 33.7 Å². The molecule has 1 fully saturated rings. The Morgan fingerprint density at radius 3 is 1.63 bits per heavy atom. The zero-order chi connectivity index (χ0) is 37.2. The third-order valence-electron chi connectivity index (χ3n) is 7.52. The van der Waals surface area contributed by atoms with Gasteiger partial charge < -0.3 is 31.2 Å². The van der Waals surface area contributed by atoms with Crippen molar-refractivity contribution in [3.63, 3.8) is 0 Å². The number of hydrogen-bond acceptors (Lipinski definition) is 12. The van der Waals surface area contributed by atoms with E-state index in [1.165, 1.54) is 57.8 Å². The van der Waals surface area contributed by atoms with Crippen molar-refractivity contribution in [3.8, 4) is 11.5 Å². The molecule has 0 radical (unpaired) electrons. The van der Waals surface area contributed by atoms with Crippen molar-refractivity contribution in [2.24, 2.45) is 5.73 Å². The molecule has 1 atom stereocenters. The minimum absolute atomic E-state index is 0.0112. The fourth-order valence-electron chi connectivity index (χ4n) is 4.90. The van der Waals surface area contributed by atoms with Crippen molar-refractivity contribution in [1.82, 2.24) is 29.9 Å². The van der Waals surface area contributed by atoms with Crippen LogP contribution in [0.3, 0.4) is 0 Å². The van der Waals surface area contributed by atoms with E-state index in [9.17, 15) is 0 Å². The molecule has 2 heterocycles. The number of unbranched alkanes of at least 4 members (excludes halogenated alkanes) is 2. The van der Waals surface area contributed by atoms with Crippen LogP contribution < -0.4 is 31.2 Å². The number of hydrogen-bond donors (Lipinski definition) is 4. The Balaban J connectivity index is 0.000000233. The largest absolute Gasteiger partial charge is 0.495 e. The van der Waals surface area contributed by atoms with E-state index in [1.807, 2.05) is 6.07 Å². The van der Waals surface area contributed by atoms with Gasteiger partial charge in [-0.2, -0.15) is 29.9 Å². The molecule has 4 aromatic rings. The molecule has 1 aliphatic rings. The van der Waals surface area contributed by atoms with Gasteiger partial charge in [-0.15, -0.1) is 0 Å². The van der Waals surface area contributed by atoms with Crippen LogP contribution in [-0.2, 0) is 0 Å². The van der Waals surface area contributed by atoms with Gasteiger partial charge in [0.1, 0.15) is 11.5 Å². The maximum Gasteiger partial charge on any atom is 0.233 e. The summed E-state index contributed by atoms with van der Waals surface area (Å²) in [4.78, 5) is 24.0. The Bertz CT molecular complexity index is 1630. The predicted octanol–water partition coefficient (Wildman–Crippen LogP) is 10.6. The van der Waals surface area contributed by atoms with Gasteiger partial charge in [-0.05, 0) is 97.4 Å². The van der Waals surface area contributed by atoms with E-state index in [1.54, 1.807) is 44.6 Å². The van der Waals surface area contributed by atoms with Crippen LogP contribution in [0.2, 0.25) is 25.9 Å². The number of benzene rings is 2. The second-order valence-electron chi connectivity index (χ2n) is 11.7. The number of rotatable bonds is 12. The third kappa shape index (κ3) is 16.0. The van der Waals surface area contributed by atoms with Crippen molar-refractivity contribution in [3.05, 3.63) is 62.3 Å². The molecular formula is C34H45Cl5N10O2. The highest BCUT2D eigenvalue weighted by molar-refractivity contribution is 6.33. The minimum Gasteiger partial charge on any atom is -0.495 e. The summed E-state index contributed by atoms with van der Waals surface area (Å²) in [6, 6.07) is 11.3. The van der Waals surface area contributed by atoms with Crippen molar-refractivity contribution in [2.45, 2.75) is 90.1 Å². The van der Waals surface area contributed by atoms with Crippen LogP contribution in [0, 0.1) is 0 Å². The first-order valence-electron chi connectivity index (χ1n) is 16.7. The van der Waals surface area contributed by atoms with E-state index >= 15 is 0 Å². The van der Waals surface area contributed by atoms with E-state index < -0.39 is 0 Å². The number of nitrogens with zero attached hydrogens (tertiary/aromatic N) is 6. The van der Waals surface area contributed by atoms with Crippen LogP contribution in [-0.4, -0.2) is 56.2 Å². The summed E-state index contributed by atoms with van der Waals surface area (Å²) < 4.78 is 10.2. The Morgan fingerprint density at radius 1 is 0.686 bits per heavy atom. The van der Waals surface area contributed by atoms with Gasteiger partial charge in [-0.1, -0.05) is 75.1 Å². The Morgan fingerprint density at radius 2 is 1.16 bits per heavy atom. The lowest BCUT2D eigenvalue weighted by atomic mass is 10.1. The van der Waals surface area contributed by atoms with Crippen LogP contribution in [0.5, 0.6) is 11.5 Å². The summed E-state index contributed by atoms with van der Waals surface area (Å²) in [5, 5.41) is 10.4. The highest BCUT2D eigenvalue weighted by Crippen LogP contribution is 2.30. The molecule has 2 aromatic carbocycles. The van der Waals surface area contributed by atoms with Gasteiger partial charge in [0, 0.05) is 23.5 Å². The lowest BCUT2D eigenvalue weighted by Crippen LogP contribution is -2.17. The van der Waals surface area contributed by atoms with Gasteiger partial charge in [-0.3, -0.25) is 0 Å². The lowest BCUT2D eigenvalue weighted by molar-refractivity contribution is 0.415. The van der Waals surface area contributed by atoms with Crippen LogP contribution >= 0.6 is 58.0 Å². The van der Waals surface area contributed by atoms with Crippen LogP contribution in [0.15, 0.2) is 36.4 Å². The van der Waals surface area contributed by atoms with Gasteiger partial charge in [0.05, 0.1) is 24.3 Å². The molecule has 12 nitrogen and oxygen atoms in total. The summed E-state index contributed by atoms with van der Waals surface area (Å²) in [5.74, 6) is 2.22. The molecule has 0 aliphatic heterocycles.